The van der Waals surface area contributed by atoms with Crippen LogP contribution in [0.5, 0.6) is 0 Å². The predicted octanol–water partition coefficient (Wildman–Crippen LogP) is 3.48. The van der Waals surface area contributed by atoms with E-state index in [-0.39, 0.29) is 11.8 Å². The van der Waals surface area contributed by atoms with Crippen molar-refractivity contribution in [2.75, 3.05) is 13.1 Å². The molecule has 4 nitrogen and oxygen atoms in total. The summed E-state index contributed by atoms with van der Waals surface area (Å²) in [5.74, 6) is 0.0729. The second kappa shape index (κ2) is 8.48. The van der Waals surface area contributed by atoms with E-state index in [0.717, 1.165) is 29.5 Å². The molecule has 1 fully saturated rings. The molecule has 0 unspecified atom stereocenters. The van der Waals surface area contributed by atoms with Crippen molar-refractivity contribution in [3.63, 3.8) is 0 Å². The van der Waals surface area contributed by atoms with Gasteiger partial charge in [0.1, 0.15) is 0 Å². The third kappa shape index (κ3) is 4.82. The van der Waals surface area contributed by atoms with Crippen LogP contribution in [-0.4, -0.2) is 29.8 Å². The number of nitrogens with two attached hydrogens (primary N) is 1. The Morgan fingerprint density at radius 2 is 1.69 bits per heavy atom. The number of rotatable bonds is 5. The topological polar surface area (TPSA) is 63.4 Å². The fourth-order valence-electron chi connectivity index (χ4n) is 3.37. The second-order valence-electron chi connectivity index (χ2n) is 6.76. The van der Waals surface area contributed by atoms with Crippen LogP contribution in [0, 0.1) is 5.92 Å². The molecular weight excluding hydrogens is 324 g/mol. The third-order valence-electron chi connectivity index (χ3n) is 4.83. The lowest BCUT2D eigenvalue weighted by molar-refractivity contribution is -0.127. The van der Waals surface area contributed by atoms with E-state index in [4.69, 9.17) is 5.73 Å². The zero-order valence-electron chi connectivity index (χ0n) is 14.8. The lowest BCUT2D eigenvalue weighted by Gasteiger charge is -2.30. The van der Waals surface area contributed by atoms with Crippen LogP contribution in [0.2, 0.25) is 0 Å². The zero-order valence-corrected chi connectivity index (χ0v) is 14.8. The van der Waals surface area contributed by atoms with Gasteiger partial charge in [0.2, 0.25) is 11.8 Å². The average molecular weight is 348 g/mol. The van der Waals surface area contributed by atoms with Gasteiger partial charge in [-0.1, -0.05) is 48.5 Å². The van der Waals surface area contributed by atoms with E-state index in [9.17, 15) is 9.59 Å². The lowest BCUT2D eigenvalue weighted by Crippen LogP contribution is -2.38. The summed E-state index contributed by atoms with van der Waals surface area (Å²) in [7, 11) is 0. The summed E-state index contributed by atoms with van der Waals surface area (Å²) in [4.78, 5) is 25.2. The molecule has 1 aliphatic rings. The maximum absolute atomic E-state index is 12.4. The van der Waals surface area contributed by atoms with Gasteiger partial charge in [-0.05, 0) is 47.6 Å². The van der Waals surface area contributed by atoms with Crippen LogP contribution in [0.4, 0.5) is 0 Å². The Bertz CT molecular complexity index is 791. The first-order valence-corrected chi connectivity index (χ1v) is 9.02. The van der Waals surface area contributed by atoms with Crippen molar-refractivity contribution < 1.29 is 9.59 Å². The van der Waals surface area contributed by atoms with E-state index in [1.807, 2.05) is 41.3 Å². The van der Waals surface area contributed by atoms with Crippen molar-refractivity contribution in [2.45, 2.75) is 19.3 Å². The summed E-state index contributed by atoms with van der Waals surface area (Å²) in [5.41, 5.74) is 8.55. The summed E-state index contributed by atoms with van der Waals surface area (Å²) >= 11 is 0. The van der Waals surface area contributed by atoms with E-state index >= 15 is 0 Å². The molecule has 26 heavy (non-hydrogen) atoms. The summed E-state index contributed by atoms with van der Waals surface area (Å²) in [5, 5.41) is 0. The van der Waals surface area contributed by atoms with Crippen molar-refractivity contribution in [3.8, 4) is 11.1 Å². The average Bonchev–Trinajstić information content (AvgIpc) is 2.67. The second-order valence-corrected chi connectivity index (χ2v) is 6.76. The Balaban J connectivity index is 1.60. The fraction of sp³-hybridized carbons (Fsp3) is 0.273. The third-order valence-corrected chi connectivity index (χ3v) is 4.83. The molecular formula is C22H24N2O2. The highest BCUT2D eigenvalue weighted by Gasteiger charge is 2.22. The number of benzene rings is 2. The Hall–Kier alpha value is -2.88. The van der Waals surface area contributed by atoms with Gasteiger partial charge in [-0.25, -0.2) is 0 Å². The van der Waals surface area contributed by atoms with E-state index in [2.05, 4.69) is 24.3 Å². The number of piperidine rings is 1. The molecule has 2 aromatic rings. The standard InChI is InChI=1S/C22H24N2O2/c23-21(25)16-18-11-13-24(14-12-18)22(26)10-9-17-5-4-8-20(15-17)19-6-2-1-3-7-19/h1-10,15,18H,11-14,16H2,(H2,23,25)/b10-9+. The Kier molecular flexibility index (Phi) is 5.84. The number of nitrogens with zero attached hydrogens (tertiary/aromatic N) is 1. The van der Waals surface area contributed by atoms with Crippen molar-refractivity contribution in [2.24, 2.45) is 11.7 Å². The maximum atomic E-state index is 12.4. The first kappa shape index (κ1) is 17.9. The van der Waals surface area contributed by atoms with Crippen LogP contribution >= 0.6 is 0 Å². The molecule has 0 radical (unpaired) electrons. The van der Waals surface area contributed by atoms with Gasteiger partial charge in [0, 0.05) is 25.6 Å². The van der Waals surface area contributed by atoms with Crippen LogP contribution in [0.15, 0.2) is 60.7 Å². The monoisotopic (exact) mass is 348 g/mol. The number of hydrogen-bond donors (Lipinski definition) is 1. The van der Waals surface area contributed by atoms with Crippen LogP contribution in [0.25, 0.3) is 17.2 Å². The van der Waals surface area contributed by atoms with E-state index in [1.54, 1.807) is 6.08 Å². The number of amides is 2. The number of primary amides is 1. The normalized spacial score (nSPS) is 15.3. The van der Waals surface area contributed by atoms with Crippen molar-refractivity contribution in [1.82, 2.24) is 4.90 Å². The van der Waals surface area contributed by atoms with Crippen molar-refractivity contribution in [1.29, 1.82) is 0 Å². The van der Waals surface area contributed by atoms with E-state index < -0.39 is 0 Å². The molecule has 0 saturated carbocycles. The van der Waals surface area contributed by atoms with Gasteiger partial charge in [0.25, 0.3) is 0 Å². The van der Waals surface area contributed by atoms with Gasteiger partial charge in [0.05, 0.1) is 0 Å². The smallest absolute Gasteiger partial charge is 0.246 e. The Labute approximate surface area is 154 Å². The number of hydrogen-bond acceptors (Lipinski definition) is 2. The SMILES string of the molecule is NC(=O)CC1CCN(C(=O)/C=C/c2cccc(-c3ccccc3)c2)CC1. The zero-order chi connectivity index (χ0) is 18.4. The van der Waals surface area contributed by atoms with E-state index in [0.29, 0.717) is 25.4 Å². The highest BCUT2D eigenvalue weighted by molar-refractivity contribution is 5.92. The van der Waals surface area contributed by atoms with Gasteiger partial charge in [-0.2, -0.15) is 0 Å². The molecule has 2 N–H and O–H groups in total. The van der Waals surface area contributed by atoms with Crippen LogP contribution in [0.1, 0.15) is 24.8 Å². The Morgan fingerprint density at radius 3 is 2.38 bits per heavy atom. The molecule has 0 atom stereocenters. The molecule has 3 rings (SSSR count). The quantitative estimate of drug-likeness (QED) is 0.841. The van der Waals surface area contributed by atoms with Gasteiger partial charge in [-0.15, -0.1) is 0 Å². The molecule has 2 amide bonds. The van der Waals surface area contributed by atoms with Crippen LogP contribution < -0.4 is 5.73 Å². The van der Waals surface area contributed by atoms with Crippen molar-refractivity contribution >= 4 is 17.9 Å². The minimum atomic E-state index is -0.257. The van der Waals surface area contributed by atoms with Gasteiger partial charge in [-0.3, -0.25) is 9.59 Å². The molecule has 0 aromatic heterocycles. The van der Waals surface area contributed by atoms with Gasteiger partial charge >= 0.3 is 0 Å². The summed E-state index contributed by atoms with van der Waals surface area (Å²) in [6.07, 6.45) is 5.60. The minimum absolute atomic E-state index is 0.0210. The molecule has 0 bridgehead atoms. The van der Waals surface area contributed by atoms with Crippen LogP contribution in [-0.2, 0) is 9.59 Å². The van der Waals surface area contributed by atoms with Gasteiger partial charge in [0.15, 0.2) is 0 Å². The highest BCUT2D eigenvalue weighted by atomic mass is 16.2. The molecule has 1 heterocycles. The highest BCUT2D eigenvalue weighted by Crippen LogP contribution is 2.22. The number of likely N-dealkylation sites (tertiary alicyclic amines) is 1. The minimum Gasteiger partial charge on any atom is -0.370 e. The molecule has 0 aliphatic carbocycles. The van der Waals surface area contributed by atoms with Gasteiger partial charge < -0.3 is 10.6 Å². The first-order valence-electron chi connectivity index (χ1n) is 9.02. The largest absolute Gasteiger partial charge is 0.370 e. The van der Waals surface area contributed by atoms with Crippen molar-refractivity contribution in [3.05, 3.63) is 66.2 Å². The van der Waals surface area contributed by atoms with Crippen LogP contribution in [0.3, 0.4) is 0 Å². The molecule has 2 aromatic carbocycles. The maximum Gasteiger partial charge on any atom is 0.246 e. The lowest BCUT2D eigenvalue weighted by atomic mass is 9.93. The number of carbonyl (C=O) groups excluding carboxylic acids is 2. The summed E-state index contributed by atoms with van der Waals surface area (Å²) in [6.45, 7) is 1.37. The number of carbonyl (C=O) groups is 2. The molecule has 0 spiro atoms. The molecule has 1 saturated heterocycles. The molecule has 134 valence electrons. The van der Waals surface area contributed by atoms with E-state index in [1.165, 1.54) is 0 Å². The fourth-order valence-corrected chi connectivity index (χ4v) is 3.37. The molecule has 1 aliphatic heterocycles. The first-order chi connectivity index (χ1) is 12.6. The molecule has 4 heteroatoms. The summed E-state index contributed by atoms with van der Waals surface area (Å²) < 4.78 is 0. The summed E-state index contributed by atoms with van der Waals surface area (Å²) in [6, 6.07) is 18.3. The predicted molar refractivity (Wildman–Crippen MR) is 104 cm³/mol. The Morgan fingerprint density at radius 1 is 1.00 bits per heavy atom.